The summed E-state index contributed by atoms with van der Waals surface area (Å²) in [6, 6.07) is 15.5. The third-order valence-corrected chi connectivity index (χ3v) is 5.71. The van der Waals surface area contributed by atoms with Crippen LogP contribution in [0.1, 0.15) is 35.5 Å². The largest absolute Gasteiger partial charge is 0.497 e. The van der Waals surface area contributed by atoms with Crippen molar-refractivity contribution in [1.29, 1.82) is 0 Å². The fourth-order valence-electron chi connectivity index (χ4n) is 4.36. The van der Waals surface area contributed by atoms with Crippen LogP contribution in [-0.4, -0.2) is 26.3 Å². The maximum Gasteiger partial charge on any atom is 0.332 e. The predicted octanol–water partition coefficient (Wildman–Crippen LogP) is 3.41. The van der Waals surface area contributed by atoms with Crippen molar-refractivity contribution in [3.05, 3.63) is 81.5 Å². The normalized spacial score (nSPS) is 15.4. The van der Waals surface area contributed by atoms with E-state index in [1.165, 1.54) is 4.57 Å². The number of nitrogens with one attached hydrogen (secondary N) is 1. The van der Waals surface area contributed by atoms with Gasteiger partial charge in [-0.2, -0.15) is 0 Å². The molecule has 0 saturated heterocycles. The van der Waals surface area contributed by atoms with Gasteiger partial charge in [0, 0.05) is 29.6 Å². The zero-order valence-corrected chi connectivity index (χ0v) is 15.8. The first-order chi connectivity index (χ1) is 13.6. The average Bonchev–Trinajstić information content (AvgIpc) is 3.21. The molecule has 1 aliphatic rings. The number of H-pyrrole nitrogens is 1. The number of aromatic hydroxyl groups is 1. The summed E-state index contributed by atoms with van der Waals surface area (Å²) < 4.78 is 8.44. The van der Waals surface area contributed by atoms with Gasteiger partial charge < -0.3 is 14.8 Å². The lowest BCUT2D eigenvalue weighted by molar-refractivity contribution is 0.413. The van der Waals surface area contributed by atoms with Gasteiger partial charge in [0.2, 0.25) is 5.88 Å². The molecule has 0 unspecified atom stereocenters. The summed E-state index contributed by atoms with van der Waals surface area (Å²) in [4.78, 5) is 16.7. The number of hydrogen-bond donors (Lipinski definition) is 2. The molecule has 0 bridgehead atoms. The van der Waals surface area contributed by atoms with E-state index in [9.17, 15) is 9.90 Å². The number of hydrogen-bond acceptors (Lipinski definition) is 3. The van der Waals surface area contributed by atoms with E-state index >= 15 is 0 Å². The van der Waals surface area contributed by atoms with E-state index in [1.807, 2.05) is 49.4 Å². The van der Waals surface area contributed by atoms with Crippen molar-refractivity contribution in [3.8, 4) is 11.6 Å². The van der Waals surface area contributed by atoms with Gasteiger partial charge in [0.15, 0.2) is 0 Å². The Morgan fingerprint density at radius 2 is 1.93 bits per heavy atom. The second-order valence-electron chi connectivity index (χ2n) is 7.08. The van der Waals surface area contributed by atoms with Gasteiger partial charge in [-0.1, -0.05) is 30.3 Å². The highest BCUT2D eigenvalue weighted by Crippen LogP contribution is 2.40. The summed E-state index contributed by atoms with van der Waals surface area (Å²) in [6.45, 7) is 2.29. The molecule has 1 aliphatic heterocycles. The van der Waals surface area contributed by atoms with E-state index in [1.54, 1.807) is 11.7 Å². The molecular formula is C22H21N3O3. The number of fused-ring (bicyclic) bond motifs is 4. The van der Waals surface area contributed by atoms with Crippen molar-refractivity contribution in [3.63, 3.8) is 0 Å². The maximum atomic E-state index is 13.1. The van der Waals surface area contributed by atoms with E-state index in [-0.39, 0.29) is 17.6 Å². The van der Waals surface area contributed by atoms with Crippen LogP contribution in [0.2, 0.25) is 0 Å². The summed E-state index contributed by atoms with van der Waals surface area (Å²) in [5, 5.41) is 11.9. The second-order valence-corrected chi connectivity index (χ2v) is 7.08. The van der Waals surface area contributed by atoms with Crippen molar-refractivity contribution in [1.82, 2.24) is 14.1 Å². The van der Waals surface area contributed by atoms with Gasteiger partial charge >= 0.3 is 5.69 Å². The lowest BCUT2D eigenvalue weighted by atomic mass is 9.93. The molecule has 0 spiro atoms. The van der Waals surface area contributed by atoms with Crippen LogP contribution < -0.4 is 10.4 Å². The van der Waals surface area contributed by atoms with Crippen LogP contribution >= 0.6 is 0 Å². The van der Waals surface area contributed by atoms with E-state index in [0.717, 1.165) is 33.5 Å². The molecule has 0 radical (unpaired) electrons. The van der Waals surface area contributed by atoms with E-state index in [0.29, 0.717) is 18.7 Å². The number of aromatic amines is 1. The fourth-order valence-corrected chi connectivity index (χ4v) is 4.36. The van der Waals surface area contributed by atoms with Crippen LogP contribution in [0, 0.1) is 0 Å². The van der Waals surface area contributed by atoms with Gasteiger partial charge in [0.25, 0.3) is 0 Å². The number of benzene rings is 2. The monoisotopic (exact) mass is 375 g/mol. The molecule has 0 saturated carbocycles. The number of methoxy groups -OCH3 is 1. The molecule has 0 aliphatic carbocycles. The zero-order chi connectivity index (χ0) is 19.4. The molecule has 2 aromatic heterocycles. The van der Waals surface area contributed by atoms with Crippen molar-refractivity contribution < 1.29 is 9.84 Å². The van der Waals surface area contributed by atoms with Gasteiger partial charge in [-0.3, -0.25) is 9.13 Å². The van der Waals surface area contributed by atoms with Crippen LogP contribution in [0.25, 0.3) is 10.9 Å². The van der Waals surface area contributed by atoms with Crippen molar-refractivity contribution in [2.24, 2.45) is 0 Å². The zero-order valence-electron chi connectivity index (χ0n) is 15.8. The molecule has 0 amide bonds. The Morgan fingerprint density at radius 1 is 1.18 bits per heavy atom. The van der Waals surface area contributed by atoms with Crippen molar-refractivity contribution in [2.75, 3.05) is 7.11 Å². The van der Waals surface area contributed by atoms with Crippen molar-refractivity contribution >= 4 is 10.9 Å². The first-order valence-electron chi connectivity index (χ1n) is 9.40. The average molecular weight is 375 g/mol. The Morgan fingerprint density at radius 3 is 2.64 bits per heavy atom. The quantitative estimate of drug-likeness (QED) is 0.508. The van der Waals surface area contributed by atoms with Gasteiger partial charge in [-0.15, -0.1) is 0 Å². The summed E-state index contributed by atoms with van der Waals surface area (Å²) in [5.74, 6) is 0.819. The number of aromatic nitrogens is 3. The molecule has 0 fully saturated rings. The van der Waals surface area contributed by atoms with Crippen molar-refractivity contribution in [2.45, 2.75) is 25.9 Å². The highest BCUT2D eigenvalue weighted by molar-refractivity contribution is 5.86. The van der Waals surface area contributed by atoms with E-state index in [2.05, 4.69) is 11.1 Å². The third kappa shape index (κ3) is 2.17. The number of ether oxygens (including phenoxy) is 1. The highest BCUT2D eigenvalue weighted by Gasteiger charge is 2.35. The van der Waals surface area contributed by atoms with Crippen LogP contribution in [0.4, 0.5) is 0 Å². The molecule has 5 rings (SSSR count). The summed E-state index contributed by atoms with van der Waals surface area (Å²) in [7, 11) is 1.63. The molecule has 4 aromatic rings. The Bertz CT molecular complexity index is 1240. The molecule has 6 nitrogen and oxygen atoms in total. The minimum absolute atomic E-state index is 0.0574. The van der Waals surface area contributed by atoms with E-state index < -0.39 is 0 Å². The summed E-state index contributed by atoms with van der Waals surface area (Å²) in [5.41, 5.74) is 4.58. The Labute approximate surface area is 161 Å². The first-order valence-corrected chi connectivity index (χ1v) is 9.40. The number of nitrogens with zero attached hydrogens (tertiary/aromatic N) is 2. The minimum Gasteiger partial charge on any atom is -0.497 e. The van der Waals surface area contributed by atoms with E-state index in [4.69, 9.17) is 4.74 Å². The molecule has 2 aromatic carbocycles. The van der Waals surface area contributed by atoms with Crippen LogP contribution in [-0.2, 0) is 13.0 Å². The summed E-state index contributed by atoms with van der Waals surface area (Å²) >= 11 is 0. The number of para-hydroxylation sites is 1. The predicted molar refractivity (Wildman–Crippen MR) is 107 cm³/mol. The topological polar surface area (TPSA) is 72.2 Å². The molecular weight excluding hydrogens is 354 g/mol. The SMILES string of the molecule is CCn1c(O)c2n(c1=O)[C@H](c1ccc(OC)cc1)c1[nH]c3ccccc3c1C2. The smallest absolute Gasteiger partial charge is 0.332 e. The van der Waals surface area contributed by atoms with Gasteiger partial charge in [0.1, 0.15) is 11.8 Å². The molecule has 3 heterocycles. The Hall–Kier alpha value is -3.41. The van der Waals surface area contributed by atoms with Crippen LogP contribution in [0.3, 0.4) is 0 Å². The molecule has 28 heavy (non-hydrogen) atoms. The standard InChI is InChI=1S/C22H21N3O3/c1-3-24-21(26)18-12-16-15-6-4-5-7-17(15)23-19(16)20(25(18)22(24)27)13-8-10-14(28-2)11-9-13/h4-11,20,23,26H,3,12H2,1-2H3/t20-/m1/s1. The van der Waals surface area contributed by atoms with Gasteiger partial charge in [0.05, 0.1) is 12.8 Å². The number of imidazole rings is 1. The lowest BCUT2D eigenvalue weighted by Gasteiger charge is -2.26. The fraction of sp³-hybridized carbons (Fsp3) is 0.227. The van der Waals surface area contributed by atoms with Gasteiger partial charge in [-0.25, -0.2) is 4.79 Å². The Kier molecular flexibility index (Phi) is 3.62. The first kappa shape index (κ1) is 16.7. The highest BCUT2D eigenvalue weighted by atomic mass is 16.5. The molecule has 1 atom stereocenters. The van der Waals surface area contributed by atoms with Crippen LogP contribution in [0.15, 0.2) is 53.3 Å². The lowest BCUT2D eigenvalue weighted by Crippen LogP contribution is -2.32. The maximum absolute atomic E-state index is 13.1. The second kappa shape index (κ2) is 6.05. The van der Waals surface area contributed by atoms with Crippen LogP contribution in [0.5, 0.6) is 11.6 Å². The number of rotatable bonds is 3. The third-order valence-electron chi connectivity index (χ3n) is 5.71. The Balaban J connectivity index is 1.82. The van der Waals surface area contributed by atoms with Gasteiger partial charge in [-0.05, 0) is 36.2 Å². The minimum atomic E-state index is -0.330. The molecule has 2 N–H and O–H groups in total. The molecule has 6 heteroatoms. The molecule has 142 valence electrons. The summed E-state index contributed by atoms with van der Waals surface area (Å²) in [6.07, 6.45) is 0.514.